The van der Waals surface area contributed by atoms with Crippen LogP contribution in [0.2, 0.25) is 18.1 Å². The Balaban J connectivity index is 1.94. The van der Waals surface area contributed by atoms with Crippen LogP contribution in [0.15, 0.2) is 51.8 Å². The second-order valence-electron chi connectivity index (χ2n) is 10.8. The monoisotopic (exact) mass is 564 g/mol. The van der Waals surface area contributed by atoms with Gasteiger partial charge in [-0.15, -0.1) is 0 Å². The van der Waals surface area contributed by atoms with Crippen molar-refractivity contribution >= 4 is 40.8 Å². The smallest absolute Gasteiger partial charge is 0.250 e. The minimum Gasteiger partial charge on any atom is -0.543 e. The predicted molar refractivity (Wildman–Crippen MR) is 146 cm³/mol. The molecule has 0 bridgehead atoms. The molecule has 2 aromatic rings. The van der Waals surface area contributed by atoms with Gasteiger partial charge in [-0.1, -0.05) is 45.9 Å². The van der Waals surface area contributed by atoms with E-state index in [0.717, 1.165) is 32.9 Å². The number of halogens is 1. The Kier molecular flexibility index (Phi) is 8.52. The van der Waals surface area contributed by atoms with E-state index in [1.807, 2.05) is 42.5 Å². The second-order valence-corrected chi connectivity index (χ2v) is 18.0. The molecule has 7 heteroatoms. The van der Waals surface area contributed by atoms with Crippen molar-refractivity contribution in [1.82, 2.24) is 0 Å². The first-order valence-corrected chi connectivity index (χ1v) is 16.8. The van der Waals surface area contributed by atoms with E-state index >= 15 is 0 Å². The van der Waals surface area contributed by atoms with Gasteiger partial charge in [0.2, 0.25) is 8.32 Å². The van der Waals surface area contributed by atoms with Gasteiger partial charge in [0, 0.05) is 10.8 Å². The molecule has 0 aromatic heterocycles. The van der Waals surface area contributed by atoms with E-state index in [9.17, 15) is 9.00 Å². The van der Waals surface area contributed by atoms with Crippen LogP contribution in [0.5, 0.6) is 11.5 Å². The molecule has 4 atom stereocenters. The summed E-state index contributed by atoms with van der Waals surface area (Å²) in [5, 5.41) is -0.423. The van der Waals surface area contributed by atoms with Crippen molar-refractivity contribution in [2.45, 2.75) is 75.2 Å². The minimum absolute atomic E-state index is 0.0440. The zero-order valence-corrected chi connectivity index (χ0v) is 24.7. The highest BCUT2D eigenvalue weighted by Crippen LogP contribution is 2.42. The Hall–Kier alpha value is -1.44. The number of Topliss-reactive ketones (excluding diaryl/α,β-unsaturated/α-hetero) is 1. The number of benzene rings is 2. The number of carbonyl (C=O) groups excluding carboxylic acids is 1. The van der Waals surface area contributed by atoms with E-state index in [-0.39, 0.29) is 22.7 Å². The SMILES string of the molecule is COc1cc(C[C@H]2C(=O)C(S(=O)c3ccccc3)CC[C@@H]2C)c(O[Si](C)(C)C(C)(C)C)cc1Br. The lowest BCUT2D eigenvalue weighted by molar-refractivity contribution is -0.125. The Labute approximate surface area is 216 Å². The van der Waals surface area contributed by atoms with Crippen LogP contribution < -0.4 is 9.16 Å². The first kappa shape index (κ1) is 27.1. The molecule has 0 spiro atoms. The van der Waals surface area contributed by atoms with Crippen molar-refractivity contribution in [2.75, 3.05) is 7.11 Å². The molecule has 1 aliphatic carbocycles. The molecule has 0 heterocycles. The van der Waals surface area contributed by atoms with Crippen molar-refractivity contribution in [2.24, 2.45) is 11.8 Å². The van der Waals surface area contributed by atoms with E-state index in [1.54, 1.807) is 7.11 Å². The van der Waals surface area contributed by atoms with E-state index in [0.29, 0.717) is 12.8 Å². The van der Waals surface area contributed by atoms with Crippen molar-refractivity contribution < 1.29 is 18.2 Å². The van der Waals surface area contributed by atoms with Gasteiger partial charge in [0.25, 0.3) is 0 Å². The second kappa shape index (κ2) is 10.7. The fourth-order valence-corrected chi connectivity index (χ4v) is 7.18. The molecule has 2 aromatic carbocycles. The van der Waals surface area contributed by atoms with Gasteiger partial charge < -0.3 is 9.16 Å². The lowest BCUT2D eigenvalue weighted by Crippen LogP contribution is -2.44. The zero-order valence-electron chi connectivity index (χ0n) is 21.3. The molecule has 34 heavy (non-hydrogen) atoms. The molecule has 0 aliphatic heterocycles. The number of hydrogen-bond acceptors (Lipinski definition) is 4. The maximum atomic E-state index is 13.7. The summed E-state index contributed by atoms with van der Waals surface area (Å²) in [5.41, 5.74) is 0.973. The van der Waals surface area contributed by atoms with E-state index in [1.165, 1.54) is 0 Å². The summed E-state index contributed by atoms with van der Waals surface area (Å²) >= 11 is 3.61. The molecule has 4 nitrogen and oxygen atoms in total. The van der Waals surface area contributed by atoms with Crippen LogP contribution >= 0.6 is 15.9 Å². The quantitative estimate of drug-likeness (QED) is 0.334. The molecular formula is C27H37BrO4SSi. The average molecular weight is 566 g/mol. The minimum atomic E-state index is -2.10. The molecule has 0 amide bonds. The fourth-order valence-electron chi connectivity index (χ4n) is 4.16. The Morgan fingerprint density at radius 2 is 1.74 bits per heavy atom. The Bertz CT molecular complexity index is 1050. The molecule has 2 unspecified atom stereocenters. The van der Waals surface area contributed by atoms with Crippen molar-refractivity contribution in [3.63, 3.8) is 0 Å². The van der Waals surface area contributed by atoms with Gasteiger partial charge in [-0.2, -0.15) is 0 Å². The highest BCUT2D eigenvalue weighted by atomic mass is 79.9. The summed E-state index contributed by atoms with van der Waals surface area (Å²) < 4.78 is 26.4. The van der Waals surface area contributed by atoms with Gasteiger partial charge in [0.05, 0.1) is 27.6 Å². The van der Waals surface area contributed by atoms with Crippen molar-refractivity contribution in [3.05, 3.63) is 52.5 Å². The molecule has 186 valence electrons. The van der Waals surface area contributed by atoms with Gasteiger partial charge in [-0.3, -0.25) is 9.00 Å². The third-order valence-corrected chi connectivity index (χ3v) is 14.1. The van der Waals surface area contributed by atoms with Crippen molar-refractivity contribution in [1.29, 1.82) is 0 Å². The molecular weight excluding hydrogens is 528 g/mol. The summed E-state index contributed by atoms with van der Waals surface area (Å²) in [5.74, 6) is 1.63. The summed E-state index contributed by atoms with van der Waals surface area (Å²) in [6.07, 6.45) is 2.09. The Morgan fingerprint density at radius 1 is 1.09 bits per heavy atom. The summed E-state index contributed by atoms with van der Waals surface area (Å²) in [7, 11) is -1.80. The molecule has 0 radical (unpaired) electrons. The maximum absolute atomic E-state index is 13.7. The van der Waals surface area contributed by atoms with Gasteiger partial charge in [0.15, 0.2) is 5.78 Å². The number of ketones is 1. The van der Waals surface area contributed by atoms with Crippen LogP contribution in [-0.2, 0) is 22.0 Å². The lowest BCUT2D eigenvalue weighted by Gasteiger charge is -2.38. The van der Waals surface area contributed by atoms with E-state index in [4.69, 9.17) is 9.16 Å². The third-order valence-electron chi connectivity index (χ3n) is 7.43. The maximum Gasteiger partial charge on any atom is 0.250 e. The van der Waals surface area contributed by atoms with Crippen LogP contribution in [0.3, 0.4) is 0 Å². The highest BCUT2D eigenvalue weighted by molar-refractivity contribution is 9.10. The average Bonchev–Trinajstić information content (AvgIpc) is 2.77. The molecule has 1 fully saturated rings. The van der Waals surface area contributed by atoms with Gasteiger partial charge in [-0.05, 0) is 89.1 Å². The number of methoxy groups -OCH3 is 1. The number of rotatable bonds is 7. The van der Waals surface area contributed by atoms with Gasteiger partial charge >= 0.3 is 0 Å². The van der Waals surface area contributed by atoms with Crippen LogP contribution in [0.4, 0.5) is 0 Å². The van der Waals surface area contributed by atoms with E-state index < -0.39 is 24.4 Å². The van der Waals surface area contributed by atoms with Gasteiger partial charge in [0.1, 0.15) is 11.5 Å². The summed E-state index contributed by atoms with van der Waals surface area (Å²) in [6, 6.07) is 13.3. The standard InChI is InChI=1S/C27H37BrO4SSi/c1-18-13-14-25(33(30)20-11-9-8-10-12-20)26(29)21(18)15-19-16-24(31-5)22(28)17-23(19)32-34(6,7)27(2,3)4/h8-12,16-18,21,25H,13-15H2,1-7H3/t18-,21+,25?,33?/m0/s1. The van der Waals surface area contributed by atoms with Crippen molar-refractivity contribution in [3.8, 4) is 11.5 Å². The zero-order chi connectivity index (χ0) is 25.3. The molecule has 0 N–H and O–H groups in total. The van der Waals surface area contributed by atoms with Crippen LogP contribution in [0, 0.1) is 11.8 Å². The number of carbonyl (C=O) groups is 1. The topological polar surface area (TPSA) is 52.6 Å². The summed E-state index contributed by atoms with van der Waals surface area (Å²) in [4.78, 5) is 14.4. The summed E-state index contributed by atoms with van der Waals surface area (Å²) in [6.45, 7) is 13.2. The number of ether oxygens (including phenoxy) is 1. The lowest BCUT2D eigenvalue weighted by atomic mass is 9.76. The first-order valence-electron chi connectivity index (χ1n) is 11.9. The van der Waals surface area contributed by atoms with Gasteiger partial charge in [-0.25, -0.2) is 0 Å². The van der Waals surface area contributed by atoms with Crippen LogP contribution in [-0.4, -0.2) is 30.7 Å². The molecule has 0 saturated heterocycles. The normalized spacial score (nSPS) is 22.4. The van der Waals surface area contributed by atoms with Crippen LogP contribution in [0.1, 0.15) is 46.1 Å². The van der Waals surface area contributed by atoms with Crippen LogP contribution in [0.25, 0.3) is 0 Å². The largest absolute Gasteiger partial charge is 0.543 e. The third kappa shape index (κ3) is 5.85. The Morgan fingerprint density at radius 3 is 2.32 bits per heavy atom. The highest BCUT2D eigenvalue weighted by Gasteiger charge is 2.42. The molecule has 1 saturated carbocycles. The number of hydrogen-bond donors (Lipinski definition) is 0. The first-order chi connectivity index (χ1) is 15.9. The molecule has 1 aliphatic rings. The molecule has 3 rings (SSSR count). The van der Waals surface area contributed by atoms with E-state index in [2.05, 4.69) is 56.7 Å². The fraction of sp³-hybridized carbons (Fsp3) is 0.519. The predicted octanol–water partition coefficient (Wildman–Crippen LogP) is 7.18.